The van der Waals surface area contributed by atoms with E-state index in [0.717, 1.165) is 30.3 Å². The zero-order valence-corrected chi connectivity index (χ0v) is 15.6. The van der Waals surface area contributed by atoms with Crippen molar-refractivity contribution in [2.75, 3.05) is 0 Å². The number of hydrogen-bond acceptors (Lipinski definition) is 3. The Morgan fingerprint density at radius 3 is 2.46 bits per heavy atom. The average molecular weight is 355 g/mol. The molecule has 138 valence electrons. The Morgan fingerprint density at radius 2 is 1.81 bits per heavy atom. The number of fused-ring (bicyclic) bond motifs is 3. The van der Waals surface area contributed by atoms with Gasteiger partial charge in [-0.15, -0.1) is 5.10 Å². The lowest BCUT2D eigenvalue weighted by molar-refractivity contribution is -0.138. The van der Waals surface area contributed by atoms with Crippen LogP contribution in [0, 0.1) is 0 Å². The highest BCUT2D eigenvalue weighted by atomic mass is 16.2. The van der Waals surface area contributed by atoms with E-state index in [1.807, 2.05) is 40.7 Å². The van der Waals surface area contributed by atoms with Crippen molar-refractivity contribution in [3.05, 3.63) is 34.7 Å². The number of likely N-dealkylation sites (tertiary alicyclic amines) is 1. The van der Waals surface area contributed by atoms with Gasteiger partial charge in [-0.05, 0) is 52.2 Å². The second kappa shape index (κ2) is 6.30. The lowest BCUT2D eigenvalue weighted by atomic mass is 9.97. The van der Waals surface area contributed by atoms with Crippen molar-refractivity contribution >= 4 is 22.7 Å². The Bertz CT molecular complexity index is 1020. The number of amides is 1. The summed E-state index contributed by atoms with van der Waals surface area (Å²) in [4.78, 5) is 27.7. The van der Waals surface area contributed by atoms with E-state index in [2.05, 4.69) is 18.9 Å². The van der Waals surface area contributed by atoms with E-state index in [4.69, 9.17) is 0 Å². The summed E-state index contributed by atoms with van der Waals surface area (Å²) in [5, 5.41) is 4.49. The maximum atomic E-state index is 12.9. The summed E-state index contributed by atoms with van der Waals surface area (Å²) in [6, 6.07) is 8.19. The van der Waals surface area contributed by atoms with Crippen LogP contribution in [0.4, 0.5) is 0 Å². The van der Waals surface area contributed by atoms with Crippen molar-refractivity contribution in [2.45, 2.75) is 65.2 Å². The van der Waals surface area contributed by atoms with E-state index in [9.17, 15) is 9.59 Å². The molecule has 0 unspecified atom stereocenters. The van der Waals surface area contributed by atoms with Crippen molar-refractivity contribution in [2.24, 2.45) is 0 Å². The second-order valence-electron chi connectivity index (χ2n) is 7.24. The van der Waals surface area contributed by atoms with Crippen LogP contribution in [0.2, 0.25) is 0 Å². The summed E-state index contributed by atoms with van der Waals surface area (Å²) < 4.78 is 4.92. The molecule has 2 atom stereocenters. The third-order valence-corrected chi connectivity index (χ3v) is 5.56. The highest BCUT2D eigenvalue weighted by Gasteiger charge is 2.30. The molecule has 0 spiro atoms. The van der Waals surface area contributed by atoms with E-state index < -0.39 is 0 Å². The van der Waals surface area contributed by atoms with Gasteiger partial charge in [0.15, 0.2) is 0 Å². The van der Waals surface area contributed by atoms with Crippen LogP contribution >= 0.6 is 0 Å². The second-order valence-corrected chi connectivity index (χ2v) is 7.24. The number of rotatable bonds is 3. The van der Waals surface area contributed by atoms with Gasteiger partial charge in [-0.1, -0.05) is 12.1 Å². The number of piperidine rings is 1. The number of imidazole rings is 1. The molecule has 0 radical (unpaired) electrons. The minimum atomic E-state index is -0.255. The monoisotopic (exact) mass is 355 g/mol. The van der Waals surface area contributed by atoms with E-state index in [1.165, 1.54) is 4.68 Å². The van der Waals surface area contributed by atoms with Gasteiger partial charge in [0.1, 0.15) is 6.54 Å². The third-order valence-electron chi connectivity index (χ3n) is 5.56. The number of aromatic nitrogens is 4. The molecule has 3 heterocycles. The van der Waals surface area contributed by atoms with Gasteiger partial charge < -0.3 is 9.47 Å². The molecular weight excluding hydrogens is 330 g/mol. The molecular formula is C19H25N5O2. The van der Waals surface area contributed by atoms with Crippen LogP contribution in [-0.4, -0.2) is 41.6 Å². The van der Waals surface area contributed by atoms with Crippen molar-refractivity contribution in [3.63, 3.8) is 0 Å². The molecule has 26 heavy (non-hydrogen) atoms. The molecule has 2 aromatic heterocycles. The first-order valence-corrected chi connectivity index (χ1v) is 9.41. The fraction of sp³-hybridized carbons (Fsp3) is 0.526. The van der Waals surface area contributed by atoms with Gasteiger partial charge in [0.2, 0.25) is 11.7 Å². The number of carbonyl (C=O) groups is 1. The third kappa shape index (κ3) is 2.45. The highest BCUT2D eigenvalue weighted by Crippen LogP contribution is 2.23. The highest BCUT2D eigenvalue weighted by molar-refractivity contribution is 5.81. The van der Waals surface area contributed by atoms with E-state index >= 15 is 0 Å². The topological polar surface area (TPSA) is 64.5 Å². The van der Waals surface area contributed by atoms with Crippen LogP contribution in [0.1, 0.15) is 40.0 Å². The number of para-hydroxylation sites is 2. The number of benzene rings is 1. The molecule has 4 rings (SSSR count). The maximum absolute atomic E-state index is 12.9. The lowest BCUT2D eigenvalue weighted by Gasteiger charge is -2.39. The molecule has 1 aromatic carbocycles. The van der Waals surface area contributed by atoms with Crippen molar-refractivity contribution in [1.29, 1.82) is 0 Å². The van der Waals surface area contributed by atoms with Gasteiger partial charge in [-0.3, -0.25) is 4.79 Å². The minimum absolute atomic E-state index is 0.00671. The molecule has 0 saturated carbocycles. The molecule has 0 bridgehead atoms. The van der Waals surface area contributed by atoms with Crippen LogP contribution in [-0.2, 0) is 17.9 Å². The molecule has 1 amide bonds. The summed E-state index contributed by atoms with van der Waals surface area (Å²) in [6.45, 7) is 6.89. The van der Waals surface area contributed by atoms with Gasteiger partial charge >= 0.3 is 5.69 Å². The summed E-state index contributed by atoms with van der Waals surface area (Å²) in [5.74, 6) is 0.561. The van der Waals surface area contributed by atoms with Gasteiger partial charge in [0.25, 0.3) is 0 Å². The van der Waals surface area contributed by atoms with E-state index in [-0.39, 0.29) is 30.2 Å². The average Bonchev–Trinajstić information content (AvgIpc) is 3.09. The van der Waals surface area contributed by atoms with Crippen LogP contribution in [0.15, 0.2) is 29.1 Å². The fourth-order valence-corrected chi connectivity index (χ4v) is 4.31. The first-order valence-electron chi connectivity index (χ1n) is 9.41. The van der Waals surface area contributed by atoms with Crippen molar-refractivity contribution in [1.82, 2.24) is 23.6 Å². The zero-order valence-electron chi connectivity index (χ0n) is 15.6. The fourth-order valence-electron chi connectivity index (χ4n) is 4.31. The number of hydrogen-bond donors (Lipinski definition) is 0. The number of nitrogens with zero attached hydrogens (tertiary/aromatic N) is 5. The molecule has 7 nitrogen and oxygen atoms in total. The number of carbonyl (C=O) groups excluding carboxylic acids is 1. The van der Waals surface area contributed by atoms with E-state index in [1.54, 1.807) is 4.40 Å². The molecule has 1 aliphatic rings. The minimum Gasteiger partial charge on any atom is -0.336 e. The number of aryl methyl sites for hydroxylation is 1. The Balaban J connectivity index is 1.75. The van der Waals surface area contributed by atoms with Crippen LogP contribution in [0.5, 0.6) is 0 Å². The van der Waals surface area contributed by atoms with Gasteiger partial charge in [-0.2, -0.15) is 0 Å². The molecule has 1 saturated heterocycles. The van der Waals surface area contributed by atoms with Crippen LogP contribution in [0.25, 0.3) is 16.8 Å². The Labute approximate surface area is 151 Å². The maximum Gasteiger partial charge on any atom is 0.352 e. The normalized spacial score (nSPS) is 21.0. The van der Waals surface area contributed by atoms with Gasteiger partial charge in [0, 0.05) is 18.6 Å². The largest absolute Gasteiger partial charge is 0.352 e. The zero-order chi connectivity index (χ0) is 18.4. The Kier molecular flexibility index (Phi) is 4.09. The molecule has 0 aliphatic carbocycles. The smallest absolute Gasteiger partial charge is 0.336 e. The predicted molar refractivity (Wildman–Crippen MR) is 100 cm³/mol. The molecule has 3 aromatic rings. The standard InChI is InChI=1S/C19H25N5O2/c1-4-21-15-10-5-6-11-16(15)24-18(21)20-22(19(24)26)12-17(25)23-13(2)8-7-9-14(23)3/h5-6,10-11,13-14H,4,7-9,12H2,1-3H3/t13-,14-/m1/s1. The van der Waals surface area contributed by atoms with Crippen LogP contribution in [0.3, 0.4) is 0 Å². The molecule has 1 fully saturated rings. The summed E-state index contributed by atoms with van der Waals surface area (Å²) in [7, 11) is 0. The summed E-state index contributed by atoms with van der Waals surface area (Å²) >= 11 is 0. The molecule has 0 N–H and O–H groups in total. The Hall–Kier alpha value is -2.57. The lowest BCUT2D eigenvalue weighted by Crippen LogP contribution is -2.49. The Morgan fingerprint density at radius 1 is 1.15 bits per heavy atom. The quantitative estimate of drug-likeness (QED) is 0.724. The SMILES string of the molecule is CCn1c2ccccc2n2c(=O)n(CC(=O)N3[C@H](C)CCC[C@H]3C)nc12. The summed E-state index contributed by atoms with van der Waals surface area (Å²) in [5.41, 5.74) is 1.55. The van der Waals surface area contributed by atoms with Crippen LogP contribution < -0.4 is 5.69 Å². The molecule has 1 aliphatic heterocycles. The first-order chi connectivity index (χ1) is 12.5. The predicted octanol–water partition coefficient (Wildman–Crippen LogP) is 2.26. The van der Waals surface area contributed by atoms with Crippen molar-refractivity contribution < 1.29 is 4.79 Å². The first kappa shape index (κ1) is 16.9. The van der Waals surface area contributed by atoms with Crippen molar-refractivity contribution in [3.8, 4) is 0 Å². The van der Waals surface area contributed by atoms with E-state index in [0.29, 0.717) is 12.3 Å². The van der Waals surface area contributed by atoms with Gasteiger partial charge in [-0.25, -0.2) is 13.9 Å². The van der Waals surface area contributed by atoms with Gasteiger partial charge in [0.05, 0.1) is 11.0 Å². The molecule has 7 heteroatoms. The summed E-state index contributed by atoms with van der Waals surface area (Å²) in [6.07, 6.45) is 3.18.